The quantitative estimate of drug-likeness (QED) is 0.657. The van der Waals surface area contributed by atoms with Crippen LogP contribution in [0.25, 0.3) is 15.9 Å². The Balaban J connectivity index is 1.43. The van der Waals surface area contributed by atoms with Crippen molar-refractivity contribution in [1.82, 2.24) is 19.8 Å². The summed E-state index contributed by atoms with van der Waals surface area (Å²) in [5.74, 6) is 0.789. The van der Waals surface area contributed by atoms with Gasteiger partial charge in [-0.2, -0.15) is 0 Å². The Morgan fingerprint density at radius 3 is 3.00 bits per heavy atom. The molecular weight excluding hydrogens is 356 g/mol. The molecule has 1 aliphatic heterocycles. The zero-order valence-electron chi connectivity index (χ0n) is 15.7. The molecule has 1 unspecified atom stereocenters. The van der Waals surface area contributed by atoms with Crippen LogP contribution < -0.4 is 5.32 Å². The molecule has 3 aromatic rings. The second kappa shape index (κ2) is 8.23. The van der Waals surface area contributed by atoms with Gasteiger partial charge in [-0.3, -0.25) is 4.79 Å². The van der Waals surface area contributed by atoms with E-state index in [0.717, 1.165) is 39.7 Å². The highest BCUT2D eigenvalue weighted by molar-refractivity contribution is 7.21. The van der Waals surface area contributed by atoms with Crippen LogP contribution in [0.1, 0.15) is 35.9 Å². The Morgan fingerprint density at radius 1 is 1.33 bits per heavy atom. The summed E-state index contributed by atoms with van der Waals surface area (Å²) >= 11 is 1.46. The van der Waals surface area contributed by atoms with Crippen molar-refractivity contribution in [2.75, 3.05) is 26.2 Å². The number of hydrogen-bond acceptors (Lipinski definition) is 4. The molecule has 0 radical (unpaired) electrons. The van der Waals surface area contributed by atoms with Crippen molar-refractivity contribution in [2.24, 2.45) is 5.92 Å². The minimum absolute atomic E-state index is 0.00582. The van der Waals surface area contributed by atoms with Crippen LogP contribution in [0.2, 0.25) is 0 Å². The number of pyridine rings is 1. The summed E-state index contributed by atoms with van der Waals surface area (Å²) in [5.41, 5.74) is 0.926. The number of amides is 1. The lowest BCUT2D eigenvalue weighted by atomic mass is 10.0. The lowest BCUT2D eigenvalue weighted by Crippen LogP contribution is -2.36. The summed E-state index contributed by atoms with van der Waals surface area (Å²) in [7, 11) is 0. The molecule has 4 rings (SSSR count). The number of rotatable bonds is 6. The molecule has 0 aliphatic carbocycles. The summed E-state index contributed by atoms with van der Waals surface area (Å²) in [6, 6.07) is 7.90. The molecule has 0 spiro atoms. The molecule has 1 amide bonds. The van der Waals surface area contributed by atoms with Crippen LogP contribution in [-0.2, 0) is 0 Å². The summed E-state index contributed by atoms with van der Waals surface area (Å²) in [4.78, 5) is 21.5. The molecule has 4 heterocycles. The number of carbonyl (C=O) groups excluding carboxylic acids is 1. The van der Waals surface area contributed by atoms with E-state index in [1.807, 2.05) is 41.2 Å². The Morgan fingerprint density at radius 2 is 2.19 bits per heavy atom. The number of nitrogens with zero attached hydrogens (tertiary/aromatic N) is 3. The van der Waals surface area contributed by atoms with Crippen molar-refractivity contribution >= 4 is 27.5 Å². The van der Waals surface area contributed by atoms with Gasteiger partial charge in [0.15, 0.2) is 0 Å². The van der Waals surface area contributed by atoms with Gasteiger partial charge in [0.1, 0.15) is 9.71 Å². The third-order valence-electron chi connectivity index (χ3n) is 5.19. The highest BCUT2D eigenvalue weighted by atomic mass is 32.1. The van der Waals surface area contributed by atoms with Crippen molar-refractivity contribution in [3.8, 4) is 5.69 Å². The monoisotopic (exact) mass is 382 g/mol. The second-order valence-electron chi connectivity index (χ2n) is 7.38. The van der Waals surface area contributed by atoms with Gasteiger partial charge >= 0.3 is 0 Å². The molecule has 0 saturated carbocycles. The molecule has 3 aromatic heterocycles. The molecule has 1 fully saturated rings. The van der Waals surface area contributed by atoms with E-state index in [4.69, 9.17) is 0 Å². The van der Waals surface area contributed by atoms with Gasteiger partial charge in [-0.15, -0.1) is 11.3 Å². The Bertz CT molecular complexity index is 902. The first-order chi connectivity index (χ1) is 13.2. The maximum absolute atomic E-state index is 12.9. The highest BCUT2D eigenvalue weighted by Gasteiger charge is 2.20. The van der Waals surface area contributed by atoms with Gasteiger partial charge in [-0.1, -0.05) is 6.92 Å². The normalized spacial score (nSPS) is 18.0. The van der Waals surface area contributed by atoms with Gasteiger partial charge < -0.3 is 14.8 Å². The van der Waals surface area contributed by atoms with Gasteiger partial charge in [0.2, 0.25) is 0 Å². The molecule has 1 aliphatic rings. The predicted octanol–water partition coefficient (Wildman–Crippen LogP) is 3.94. The van der Waals surface area contributed by atoms with Gasteiger partial charge in [-0.05, 0) is 62.5 Å². The topological polar surface area (TPSA) is 50.2 Å². The van der Waals surface area contributed by atoms with Crippen LogP contribution >= 0.6 is 11.3 Å². The third-order valence-corrected chi connectivity index (χ3v) is 6.29. The first-order valence-corrected chi connectivity index (χ1v) is 10.6. The molecule has 1 saturated heterocycles. The van der Waals surface area contributed by atoms with Crippen LogP contribution in [0, 0.1) is 5.92 Å². The zero-order valence-corrected chi connectivity index (χ0v) is 16.5. The lowest BCUT2D eigenvalue weighted by molar-refractivity contribution is 0.0954. The van der Waals surface area contributed by atoms with Gasteiger partial charge in [0.05, 0.1) is 5.69 Å². The molecular formula is C21H26N4OS. The van der Waals surface area contributed by atoms with E-state index in [1.54, 1.807) is 6.20 Å². The van der Waals surface area contributed by atoms with Gasteiger partial charge in [0, 0.05) is 37.1 Å². The van der Waals surface area contributed by atoms with E-state index in [0.29, 0.717) is 6.54 Å². The number of fused-ring (bicyclic) bond motifs is 1. The van der Waals surface area contributed by atoms with Crippen molar-refractivity contribution in [1.29, 1.82) is 0 Å². The molecule has 0 aromatic carbocycles. The lowest BCUT2D eigenvalue weighted by Gasteiger charge is -2.30. The minimum atomic E-state index is -0.00582. The Hall–Kier alpha value is -2.18. The molecule has 142 valence electrons. The molecule has 0 bridgehead atoms. The summed E-state index contributed by atoms with van der Waals surface area (Å²) in [6.07, 6.45) is 9.35. The number of nitrogens with one attached hydrogen (secondary N) is 1. The van der Waals surface area contributed by atoms with Crippen LogP contribution in [0.3, 0.4) is 0 Å². The van der Waals surface area contributed by atoms with Crippen molar-refractivity contribution in [3.63, 3.8) is 0 Å². The molecule has 1 atom stereocenters. The van der Waals surface area contributed by atoms with Crippen molar-refractivity contribution < 1.29 is 4.79 Å². The SMILES string of the molecule is CC1CCCN(CCCNC(=O)c2sc3ncccc3c2-n2cccc2)C1. The minimum Gasteiger partial charge on any atom is -0.351 e. The molecule has 6 heteroatoms. The number of aromatic nitrogens is 2. The Kier molecular flexibility index (Phi) is 5.55. The zero-order chi connectivity index (χ0) is 18.6. The van der Waals surface area contributed by atoms with Crippen LogP contribution in [-0.4, -0.2) is 46.5 Å². The van der Waals surface area contributed by atoms with Crippen molar-refractivity contribution in [3.05, 3.63) is 47.7 Å². The van der Waals surface area contributed by atoms with E-state index in [2.05, 4.69) is 22.1 Å². The first kappa shape index (κ1) is 18.2. The maximum atomic E-state index is 12.9. The van der Waals surface area contributed by atoms with Crippen LogP contribution in [0.4, 0.5) is 0 Å². The van der Waals surface area contributed by atoms with Gasteiger partial charge in [-0.25, -0.2) is 4.98 Å². The summed E-state index contributed by atoms with van der Waals surface area (Å²) in [6.45, 7) is 6.47. The van der Waals surface area contributed by atoms with E-state index in [9.17, 15) is 4.79 Å². The average molecular weight is 383 g/mol. The van der Waals surface area contributed by atoms with Crippen LogP contribution in [0.15, 0.2) is 42.9 Å². The first-order valence-electron chi connectivity index (χ1n) is 9.74. The number of likely N-dealkylation sites (tertiary alicyclic amines) is 1. The fourth-order valence-electron chi connectivity index (χ4n) is 3.89. The number of hydrogen-bond donors (Lipinski definition) is 1. The summed E-state index contributed by atoms with van der Waals surface area (Å²) < 4.78 is 2.00. The van der Waals surface area contributed by atoms with Crippen LogP contribution in [0.5, 0.6) is 0 Å². The third kappa shape index (κ3) is 4.06. The van der Waals surface area contributed by atoms with Gasteiger partial charge in [0.25, 0.3) is 5.91 Å². The largest absolute Gasteiger partial charge is 0.351 e. The number of piperidine rings is 1. The van der Waals surface area contributed by atoms with E-state index in [1.165, 1.54) is 37.3 Å². The number of carbonyl (C=O) groups is 1. The maximum Gasteiger partial charge on any atom is 0.263 e. The smallest absolute Gasteiger partial charge is 0.263 e. The molecule has 1 N–H and O–H groups in total. The van der Waals surface area contributed by atoms with Crippen molar-refractivity contribution in [2.45, 2.75) is 26.2 Å². The average Bonchev–Trinajstić information content (AvgIpc) is 3.32. The highest BCUT2D eigenvalue weighted by Crippen LogP contribution is 2.32. The number of thiophene rings is 1. The standard InChI is InChI=1S/C21H26N4OS/c1-16-7-5-11-24(15-16)12-6-10-22-20(26)19-18(25-13-2-3-14-25)17-8-4-9-23-21(17)27-19/h2-4,8-9,13-14,16H,5-7,10-12,15H2,1H3,(H,22,26). The molecule has 5 nitrogen and oxygen atoms in total. The fraction of sp³-hybridized carbons (Fsp3) is 0.429. The predicted molar refractivity (Wildman–Crippen MR) is 111 cm³/mol. The van der Waals surface area contributed by atoms with E-state index in [-0.39, 0.29) is 5.91 Å². The molecule has 27 heavy (non-hydrogen) atoms. The second-order valence-corrected chi connectivity index (χ2v) is 8.38. The Labute approximate surface area is 164 Å². The summed E-state index contributed by atoms with van der Waals surface area (Å²) in [5, 5.41) is 4.14. The van der Waals surface area contributed by atoms with E-state index < -0.39 is 0 Å². The van der Waals surface area contributed by atoms with E-state index >= 15 is 0 Å². The fourth-order valence-corrected chi connectivity index (χ4v) is 4.95.